The molecule has 0 radical (unpaired) electrons. The Hall–Kier alpha value is -3.11. The summed E-state index contributed by atoms with van der Waals surface area (Å²) in [6.45, 7) is 4.03. The van der Waals surface area contributed by atoms with Gasteiger partial charge in [-0.2, -0.15) is 0 Å². The van der Waals surface area contributed by atoms with Crippen LogP contribution in [0, 0.1) is 11.8 Å². The van der Waals surface area contributed by atoms with Gasteiger partial charge < -0.3 is 20.4 Å². The number of nitrogens with one attached hydrogen (secondary N) is 1. The first kappa shape index (κ1) is 15.8. The predicted molar refractivity (Wildman–Crippen MR) is 92.2 cm³/mol. The van der Waals surface area contributed by atoms with Crippen LogP contribution < -0.4 is 11.2 Å². The van der Waals surface area contributed by atoms with Crippen molar-refractivity contribution in [1.29, 1.82) is 0 Å². The van der Waals surface area contributed by atoms with Crippen LogP contribution in [0.15, 0.2) is 29.3 Å². The van der Waals surface area contributed by atoms with E-state index in [2.05, 4.69) is 26.8 Å². The lowest BCUT2D eigenvalue weighted by Gasteiger charge is -2.14. The molecule has 3 rings (SSSR count). The van der Waals surface area contributed by atoms with Crippen molar-refractivity contribution in [2.75, 3.05) is 5.73 Å². The van der Waals surface area contributed by atoms with Gasteiger partial charge in [0.2, 0.25) is 5.43 Å². The Morgan fingerprint density at radius 3 is 2.88 bits per heavy atom. The van der Waals surface area contributed by atoms with Crippen molar-refractivity contribution in [3.8, 4) is 23.2 Å². The van der Waals surface area contributed by atoms with Crippen molar-refractivity contribution >= 4 is 16.9 Å². The third-order valence-corrected chi connectivity index (χ3v) is 3.61. The molecule has 122 valence electrons. The number of aryl methyl sites for hydroxylation is 1. The highest BCUT2D eigenvalue weighted by Crippen LogP contribution is 2.23. The fourth-order valence-corrected chi connectivity index (χ4v) is 2.53. The van der Waals surface area contributed by atoms with Gasteiger partial charge in [0.05, 0.1) is 5.39 Å². The van der Waals surface area contributed by atoms with Crippen LogP contribution in [0.25, 0.3) is 22.4 Å². The summed E-state index contributed by atoms with van der Waals surface area (Å²) in [4.78, 5) is 24.3. The van der Waals surface area contributed by atoms with E-state index >= 15 is 0 Å². The Kier molecular flexibility index (Phi) is 4.06. The monoisotopic (exact) mass is 323 g/mol. The Labute approximate surface area is 138 Å². The molecule has 7 heteroatoms. The maximum Gasteiger partial charge on any atom is 0.204 e. The number of aliphatic hydroxyl groups excluding tert-OH is 1. The number of anilines is 1. The molecule has 4 N–H and O–H groups in total. The van der Waals surface area contributed by atoms with Crippen molar-refractivity contribution in [1.82, 2.24) is 19.5 Å². The number of H-pyrrole nitrogens is 1. The molecule has 1 atom stereocenters. The number of hydrogen-bond acceptors (Lipinski definition) is 5. The standard InChI is InChI=1S/C17H17N5O2/c1-3-22-15(18)13(16-19-8-9-20-16)14(24)12-7-6-11(21-17(12)22)5-4-10(2)23/h6-10,23H,3,18H2,1-2H3,(H,19,20). The van der Waals surface area contributed by atoms with Crippen LogP contribution in [-0.2, 0) is 6.54 Å². The Bertz CT molecular complexity index is 1010. The topological polar surface area (TPSA) is 110 Å². The molecule has 24 heavy (non-hydrogen) atoms. The number of aromatic amines is 1. The van der Waals surface area contributed by atoms with Gasteiger partial charge in [-0.25, -0.2) is 9.97 Å². The molecular weight excluding hydrogens is 306 g/mol. The minimum absolute atomic E-state index is 0.232. The molecule has 0 amide bonds. The van der Waals surface area contributed by atoms with E-state index in [-0.39, 0.29) is 5.43 Å². The summed E-state index contributed by atoms with van der Waals surface area (Å²) in [6, 6.07) is 3.33. The van der Waals surface area contributed by atoms with Gasteiger partial charge in [0.15, 0.2) is 0 Å². The molecule has 0 bridgehead atoms. The summed E-state index contributed by atoms with van der Waals surface area (Å²) in [5.74, 6) is 6.15. The Balaban J connectivity index is 2.33. The number of nitrogen functional groups attached to an aromatic ring is 1. The molecule has 0 aliphatic carbocycles. The number of fused-ring (bicyclic) bond motifs is 1. The third kappa shape index (κ3) is 2.64. The predicted octanol–water partition coefficient (Wildman–Crippen LogP) is 1.12. The molecule has 0 fully saturated rings. The average Bonchev–Trinajstić information content (AvgIpc) is 3.07. The fourth-order valence-electron chi connectivity index (χ4n) is 2.53. The van der Waals surface area contributed by atoms with Crippen LogP contribution >= 0.6 is 0 Å². The summed E-state index contributed by atoms with van der Waals surface area (Å²) in [5, 5.41) is 9.72. The first-order valence-corrected chi connectivity index (χ1v) is 7.55. The minimum atomic E-state index is -0.748. The zero-order valence-electron chi connectivity index (χ0n) is 13.4. The number of aliphatic hydroxyl groups is 1. The molecule has 0 saturated heterocycles. The third-order valence-electron chi connectivity index (χ3n) is 3.61. The van der Waals surface area contributed by atoms with E-state index in [0.29, 0.717) is 40.5 Å². The lowest BCUT2D eigenvalue weighted by atomic mass is 10.1. The quantitative estimate of drug-likeness (QED) is 0.612. The van der Waals surface area contributed by atoms with E-state index in [1.165, 1.54) is 0 Å². The second kappa shape index (κ2) is 6.18. The van der Waals surface area contributed by atoms with Gasteiger partial charge in [0, 0.05) is 18.9 Å². The smallest absolute Gasteiger partial charge is 0.204 e. The van der Waals surface area contributed by atoms with Crippen LogP contribution in [0.3, 0.4) is 0 Å². The highest BCUT2D eigenvalue weighted by molar-refractivity contribution is 5.86. The number of imidazole rings is 1. The van der Waals surface area contributed by atoms with Gasteiger partial charge in [-0.3, -0.25) is 4.79 Å². The van der Waals surface area contributed by atoms with E-state index in [1.54, 1.807) is 36.0 Å². The number of pyridine rings is 2. The minimum Gasteiger partial charge on any atom is -0.384 e. The van der Waals surface area contributed by atoms with E-state index in [0.717, 1.165) is 0 Å². The number of hydrogen-bond donors (Lipinski definition) is 3. The van der Waals surface area contributed by atoms with Crippen LogP contribution in [0.2, 0.25) is 0 Å². The van der Waals surface area contributed by atoms with Gasteiger partial charge >= 0.3 is 0 Å². The van der Waals surface area contributed by atoms with Crippen molar-refractivity contribution in [2.45, 2.75) is 26.5 Å². The summed E-state index contributed by atoms with van der Waals surface area (Å²) in [7, 11) is 0. The zero-order valence-corrected chi connectivity index (χ0v) is 13.4. The van der Waals surface area contributed by atoms with E-state index in [9.17, 15) is 9.90 Å². The molecule has 0 aromatic carbocycles. The van der Waals surface area contributed by atoms with Crippen molar-refractivity contribution < 1.29 is 5.11 Å². The molecule has 0 spiro atoms. The lowest BCUT2D eigenvalue weighted by Crippen LogP contribution is -2.18. The van der Waals surface area contributed by atoms with Crippen LogP contribution in [0.5, 0.6) is 0 Å². The largest absolute Gasteiger partial charge is 0.384 e. The molecule has 0 aliphatic heterocycles. The van der Waals surface area contributed by atoms with E-state index in [1.807, 2.05) is 6.92 Å². The SMILES string of the molecule is CCn1c(N)c(-c2ncc[nH]2)c(=O)c2ccc(C#CC(C)O)nc21. The Morgan fingerprint density at radius 1 is 1.46 bits per heavy atom. The van der Waals surface area contributed by atoms with Gasteiger partial charge in [-0.15, -0.1) is 0 Å². The summed E-state index contributed by atoms with van der Waals surface area (Å²) in [6.07, 6.45) is 2.46. The summed E-state index contributed by atoms with van der Waals surface area (Å²) < 4.78 is 1.75. The van der Waals surface area contributed by atoms with Crippen molar-refractivity contribution in [2.24, 2.45) is 0 Å². The lowest BCUT2D eigenvalue weighted by molar-refractivity contribution is 0.253. The molecule has 0 aliphatic rings. The average molecular weight is 323 g/mol. The van der Waals surface area contributed by atoms with Gasteiger partial charge in [0.25, 0.3) is 0 Å². The van der Waals surface area contributed by atoms with Gasteiger partial charge in [0.1, 0.15) is 34.7 Å². The molecule has 3 heterocycles. The van der Waals surface area contributed by atoms with Gasteiger partial charge in [-0.05, 0) is 31.9 Å². The number of aromatic nitrogens is 4. The maximum atomic E-state index is 12.8. The van der Waals surface area contributed by atoms with Crippen molar-refractivity contribution in [3.05, 3.63) is 40.4 Å². The Morgan fingerprint density at radius 2 is 2.25 bits per heavy atom. The number of nitrogens with zero attached hydrogens (tertiary/aromatic N) is 3. The second-order valence-corrected chi connectivity index (χ2v) is 5.28. The number of rotatable bonds is 2. The first-order valence-electron chi connectivity index (χ1n) is 7.55. The first-order chi connectivity index (χ1) is 11.5. The molecular formula is C17H17N5O2. The molecule has 3 aromatic heterocycles. The molecule has 7 nitrogen and oxygen atoms in total. The molecule has 0 saturated carbocycles. The summed E-state index contributed by atoms with van der Waals surface area (Å²) in [5.41, 5.74) is 7.24. The second-order valence-electron chi connectivity index (χ2n) is 5.28. The van der Waals surface area contributed by atoms with Crippen molar-refractivity contribution in [3.63, 3.8) is 0 Å². The molecule has 3 aromatic rings. The zero-order chi connectivity index (χ0) is 17.3. The van der Waals surface area contributed by atoms with Gasteiger partial charge in [-0.1, -0.05) is 5.92 Å². The highest BCUT2D eigenvalue weighted by Gasteiger charge is 2.18. The van der Waals surface area contributed by atoms with E-state index in [4.69, 9.17) is 5.73 Å². The molecule has 1 unspecified atom stereocenters. The number of nitrogens with two attached hydrogens (primary N) is 1. The maximum absolute atomic E-state index is 12.8. The normalized spacial score (nSPS) is 12.0. The van der Waals surface area contributed by atoms with E-state index < -0.39 is 6.10 Å². The van der Waals surface area contributed by atoms with Crippen LogP contribution in [0.1, 0.15) is 19.5 Å². The highest BCUT2D eigenvalue weighted by atomic mass is 16.3. The summed E-state index contributed by atoms with van der Waals surface area (Å²) >= 11 is 0. The van der Waals surface area contributed by atoms with Crippen LogP contribution in [0.4, 0.5) is 5.82 Å². The fraction of sp³-hybridized carbons (Fsp3) is 0.235. The van der Waals surface area contributed by atoms with Crippen LogP contribution in [-0.4, -0.2) is 30.7 Å².